The molecule has 2 nitrogen and oxygen atoms in total. The summed E-state index contributed by atoms with van der Waals surface area (Å²) in [5, 5.41) is 8.61. The minimum atomic E-state index is -0.840. The first-order valence-corrected chi connectivity index (χ1v) is 5.52. The average molecular weight is 198 g/mol. The first-order valence-electron chi connectivity index (χ1n) is 5.52. The fourth-order valence-corrected chi connectivity index (χ4v) is 1.70. The van der Waals surface area contributed by atoms with Gasteiger partial charge in [-0.15, -0.1) is 0 Å². The van der Waals surface area contributed by atoms with Gasteiger partial charge in [-0.05, 0) is 24.7 Å². The summed E-state index contributed by atoms with van der Waals surface area (Å²) in [6.45, 7) is 6.42. The molecule has 2 heteroatoms. The minimum Gasteiger partial charge on any atom is -0.478 e. The van der Waals surface area contributed by atoms with Crippen molar-refractivity contribution in [1.82, 2.24) is 0 Å². The van der Waals surface area contributed by atoms with Crippen LogP contribution in [-0.2, 0) is 4.79 Å². The van der Waals surface area contributed by atoms with Crippen LogP contribution in [0.2, 0.25) is 0 Å². The van der Waals surface area contributed by atoms with Crippen LogP contribution in [0.4, 0.5) is 0 Å². The van der Waals surface area contributed by atoms with Crippen molar-refractivity contribution < 1.29 is 9.90 Å². The Balaban J connectivity index is 4.43. The summed E-state index contributed by atoms with van der Waals surface area (Å²) in [4.78, 5) is 10.5. The Bertz CT molecular complexity index is 190. The van der Waals surface area contributed by atoms with Gasteiger partial charge in [0.05, 0.1) is 0 Å². The number of carbonyl (C=O) groups is 1. The van der Waals surface area contributed by atoms with Crippen LogP contribution >= 0.6 is 0 Å². The molecule has 0 amide bonds. The van der Waals surface area contributed by atoms with E-state index in [1.165, 1.54) is 18.9 Å². The maximum Gasteiger partial charge on any atom is 0.327 e. The van der Waals surface area contributed by atoms with E-state index in [9.17, 15) is 4.79 Å². The van der Waals surface area contributed by atoms with Gasteiger partial charge >= 0.3 is 5.97 Å². The van der Waals surface area contributed by atoms with E-state index in [-0.39, 0.29) is 5.41 Å². The Labute approximate surface area is 87.0 Å². The molecule has 0 unspecified atom stereocenters. The van der Waals surface area contributed by atoms with Gasteiger partial charge in [-0.1, -0.05) is 39.7 Å². The lowest BCUT2D eigenvalue weighted by atomic mass is 9.77. The summed E-state index contributed by atoms with van der Waals surface area (Å²) >= 11 is 0. The summed E-state index contributed by atoms with van der Waals surface area (Å²) in [6.07, 6.45) is 8.66. The van der Waals surface area contributed by atoms with Crippen LogP contribution in [0.5, 0.6) is 0 Å². The molecule has 0 saturated carbocycles. The Morgan fingerprint density at radius 3 is 2.21 bits per heavy atom. The Morgan fingerprint density at radius 1 is 1.29 bits per heavy atom. The standard InChI is InChI=1S/C12H22O2/c1-4-7-9-12(5-2,6-3)10-8-11(13)14/h8,10H,4-7,9H2,1-3H3,(H,13,14). The van der Waals surface area contributed by atoms with Crippen LogP contribution in [0.1, 0.15) is 52.9 Å². The second kappa shape index (κ2) is 6.63. The van der Waals surface area contributed by atoms with E-state index in [1.54, 1.807) is 0 Å². The van der Waals surface area contributed by atoms with Gasteiger partial charge in [0.1, 0.15) is 0 Å². The predicted molar refractivity (Wildman–Crippen MR) is 59.3 cm³/mol. The zero-order chi connectivity index (χ0) is 11.0. The second-order valence-electron chi connectivity index (χ2n) is 3.84. The largest absolute Gasteiger partial charge is 0.478 e. The zero-order valence-electron chi connectivity index (χ0n) is 9.55. The molecule has 0 aromatic carbocycles. The van der Waals surface area contributed by atoms with E-state index in [1.807, 2.05) is 6.08 Å². The highest BCUT2D eigenvalue weighted by molar-refractivity contribution is 5.79. The molecule has 0 aromatic heterocycles. The number of hydrogen-bond acceptors (Lipinski definition) is 1. The molecule has 0 rings (SSSR count). The molecule has 0 spiro atoms. The van der Waals surface area contributed by atoms with Crippen LogP contribution in [0.3, 0.4) is 0 Å². The molecule has 14 heavy (non-hydrogen) atoms. The molecule has 1 N–H and O–H groups in total. The van der Waals surface area contributed by atoms with E-state index in [0.29, 0.717) is 0 Å². The number of carboxylic acid groups (broad SMARTS) is 1. The molecule has 82 valence electrons. The maximum atomic E-state index is 10.5. The normalized spacial score (nSPS) is 12.2. The van der Waals surface area contributed by atoms with Crippen molar-refractivity contribution in [1.29, 1.82) is 0 Å². The van der Waals surface area contributed by atoms with Crippen molar-refractivity contribution in [2.24, 2.45) is 5.41 Å². The van der Waals surface area contributed by atoms with Crippen molar-refractivity contribution in [3.05, 3.63) is 12.2 Å². The van der Waals surface area contributed by atoms with E-state index in [4.69, 9.17) is 5.11 Å². The molecule has 0 bridgehead atoms. The lowest BCUT2D eigenvalue weighted by Crippen LogP contribution is -2.16. The summed E-state index contributed by atoms with van der Waals surface area (Å²) in [6, 6.07) is 0. The van der Waals surface area contributed by atoms with Gasteiger partial charge in [0, 0.05) is 6.08 Å². The Morgan fingerprint density at radius 2 is 1.86 bits per heavy atom. The molecule has 0 heterocycles. The molecule has 0 aliphatic carbocycles. The van der Waals surface area contributed by atoms with Gasteiger partial charge in [-0.2, -0.15) is 0 Å². The van der Waals surface area contributed by atoms with E-state index in [2.05, 4.69) is 20.8 Å². The molecule has 0 aromatic rings. The summed E-state index contributed by atoms with van der Waals surface area (Å²) in [5.41, 5.74) is 0.106. The Hall–Kier alpha value is -0.790. The van der Waals surface area contributed by atoms with Crippen LogP contribution in [-0.4, -0.2) is 11.1 Å². The van der Waals surface area contributed by atoms with Crippen molar-refractivity contribution in [3.8, 4) is 0 Å². The number of hydrogen-bond donors (Lipinski definition) is 1. The van der Waals surface area contributed by atoms with Gasteiger partial charge in [-0.25, -0.2) is 4.79 Å². The third kappa shape index (κ3) is 4.45. The van der Waals surface area contributed by atoms with Crippen LogP contribution in [0, 0.1) is 5.41 Å². The highest BCUT2D eigenvalue weighted by atomic mass is 16.4. The van der Waals surface area contributed by atoms with Crippen LogP contribution in [0.25, 0.3) is 0 Å². The number of rotatable bonds is 7. The second-order valence-corrected chi connectivity index (χ2v) is 3.84. The molecule has 0 fully saturated rings. The molecule has 0 aliphatic rings. The smallest absolute Gasteiger partial charge is 0.327 e. The van der Waals surface area contributed by atoms with Crippen LogP contribution < -0.4 is 0 Å². The lowest BCUT2D eigenvalue weighted by Gasteiger charge is -2.27. The summed E-state index contributed by atoms with van der Waals surface area (Å²) in [7, 11) is 0. The lowest BCUT2D eigenvalue weighted by molar-refractivity contribution is -0.131. The first-order chi connectivity index (χ1) is 6.60. The third-order valence-electron chi connectivity index (χ3n) is 3.02. The number of carboxylic acids is 1. The third-order valence-corrected chi connectivity index (χ3v) is 3.02. The van der Waals surface area contributed by atoms with Gasteiger partial charge < -0.3 is 5.11 Å². The highest BCUT2D eigenvalue weighted by Crippen LogP contribution is 2.34. The van der Waals surface area contributed by atoms with Gasteiger partial charge in [-0.3, -0.25) is 0 Å². The molecular weight excluding hydrogens is 176 g/mol. The topological polar surface area (TPSA) is 37.3 Å². The average Bonchev–Trinajstić information content (AvgIpc) is 2.19. The van der Waals surface area contributed by atoms with Gasteiger partial charge in [0.25, 0.3) is 0 Å². The quantitative estimate of drug-likeness (QED) is 0.634. The van der Waals surface area contributed by atoms with Crippen molar-refractivity contribution in [3.63, 3.8) is 0 Å². The Kier molecular flexibility index (Phi) is 6.26. The molecular formula is C12H22O2. The van der Waals surface area contributed by atoms with Crippen LogP contribution in [0.15, 0.2) is 12.2 Å². The summed E-state index contributed by atoms with van der Waals surface area (Å²) in [5.74, 6) is -0.840. The SMILES string of the molecule is CCCCC(C=CC(=O)O)(CC)CC. The fraction of sp³-hybridized carbons (Fsp3) is 0.750. The zero-order valence-corrected chi connectivity index (χ0v) is 9.55. The van der Waals surface area contributed by atoms with Gasteiger partial charge in [0.15, 0.2) is 0 Å². The minimum absolute atomic E-state index is 0.106. The van der Waals surface area contributed by atoms with E-state index >= 15 is 0 Å². The number of aliphatic carboxylic acids is 1. The molecule has 0 saturated heterocycles. The monoisotopic (exact) mass is 198 g/mol. The van der Waals surface area contributed by atoms with E-state index < -0.39 is 5.97 Å². The van der Waals surface area contributed by atoms with Gasteiger partial charge in [0.2, 0.25) is 0 Å². The number of unbranched alkanes of at least 4 members (excludes halogenated alkanes) is 1. The highest BCUT2D eigenvalue weighted by Gasteiger charge is 2.21. The maximum absolute atomic E-state index is 10.5. The molecule has 0 atom stereocenters. The molecule has 0 aliphatic heterocycles. The number of allylic oxidation sites excluding steroid dienone is 1. The first kappa shape index (κ1) is 13.2. The fourth-order valence-electron chi connectivity index (χ4n) is 1.70. The van der Waals surface area contributed by atoms with Crippen molar-refractivity contribution in [2.75, 3.05) is 0 Å². The predicted octanol–water partition coefficient (Wildman–Crippen LogP) is 3.62. The van der Waals surface area contributed by atoms with Crippen molar-refractivity contribution in [2.45, 2.75) is 52.9 Å². The summed E-state index contributed by atoms with van der Waals surface area (Å²) < 4.78 is 0. The molecule has 0 radical (unpaired) electrons. The van der Waals surface area contributed by atoms with Crippen molar-refractivity contribution >= 4 is 5.97 Å². The van der Waals surface area contributed by atoms with E-state index in [0.717, 1.165) is 19.3 Å².